The van der Waals surface area contributed by atoms with Crippen molar-refractivity contribution in [3.05, 3.63) is 64.5 Å². The lowest BCUT2D eigenvalue weighted by atomic mass is 9.74. The van der Waals surface area contributed by atoms with Gasteiger partial charge in [-0.2, -0.15) is 0 Å². The zero-order valence-electron chi connectivity index (χ0n) is 17.9. The van der Waals surface area contributed by atoms with Crippen LogP contribution in [-0.4, -0.2) is 28.8 Å². The molecule has 0 saturated carbocycles. The SMILES string of the molecule is CC1=Cc2c(ncnc2N2CCC(C)(C3=NC(C)=C(c4ccc(F)cc4)C3)CC2)C1. The molecular formula is C25H27FN4. The molecule has 0 spiro atoms. The van der Waals surface area contributed by atoms with Crippen molar-refractivity contribution >= 4 is 23.2 Å². The number of anilines is 1. The van der Waals surface area contributed by atoms with Crippen molar-refractivity contribution < 1.29 is 4.39 Å². The molecule has 0 N–H and O–H groups in total. The van der Waals surface area contributed by atoms with Crippen LogP contribution in [0.1, 0.15) is 56.9 Å². The highest BCUT2D eigenvalue weighted by molar-refractivity contribution is 6.03. The van der Waals surface area contributed by atoms with Crippen molar-refractivity contribution in [1.82, 2.24) is 9.97 Å². The Morgan fingerprint density at radius 3 is 2.47 bits per heavy atom. The van der Waals surface area contributed by atoms with Gasteiger partial charge >= 0.3 is 0 Å². The average Bonchev–Trinajstić information content (AvgIpc) is 3.31. The zero-order valence-corrected chi connectivity index (χ0v) is 17.9. The molecule has 1 fully saturated rings. The molecule has 1 aliphatic carbocycles. The average molecular weight is 403 g/mol. The van der Waals surface area contributed by atoms with E-state index in [9.17, 15) is 4.39 Å². The van der Waals surface area contributed by atoms with Gasteiger partial charge in [0.25, 0.3) is 0 Å². The minimum absolute atomic E-state index is 0.0848. The molecular weight excluding hydrogens is 375 g/mol. The summed E-state index contributed by atoms with van der Waals surface area (Å²) in [7, 11) is 0. The highest BCUT2D eigenvalue weighted by atomic mass is 19.1. The molecule has 30 heavy (non-hydrogen) atoms. The van der Waals surface area contributed by atoms with Gasteiger partial charge in [-0.3, -0.25) is 4.99 Å². The maximum atomic E-state index is 13.3. The monoisotopic (exact) mass is 402 g/mol. The number of nitrogens with zero attached hydrogens (tertiary/aromatic N) is 4. The third kappa shape index (κ3) is 3.26. The maximum Gasteiger partial charge on any atom is 0.139 e. The van der Waals surface area contributed by atoms with Crippen LogP contribution in [0.3, 0.4) is 0 Å². The zero-order chi connectivity index (χ0) is 20.9. The molecule has 4 nitrogen and oxygen atoms in total. The summed E-state index contributed by atoms with van der Waals surface area (Å²) < 4.78 is 13.3. The molecule has 3 heterocycles. The van der Waals surface area contributed by atoms with Gasteiger partial charge in [0.2, 0.25) is 0 Å². The van der Waals surface area contributed by atoms with Gasteiger partial charge in [-0.15, -0.1) is 0 Å². The van der Waals surface area contributed by atoms with E-state index in [1.807, 2.05) is 12.1 Å². The van der Waals surface area contributed by atoms with E-state index in [0.717, 1.165) is 61.5 Å². The fourth-order valence-electron chi connectivity index (χ4n) is 4.94. The van der Waals surface area contributed by atoms with Gasteiger partial charge < -0.3 is 4.90 Å². The van der Waals surface area contributed by atoms with Gasteiger partial charge in [0.15, 0.2) is 0 Å². The van der Waals surface area contributed by atoms with E-state index in [2.05, 4.69) is 41.7 Å². The van der Waals surface area contributed by atoms with Crippen LogP contribution in [-0.2, 0) is 6.42 Å². The summed E-state index contributed by atoms with van der Waals surface area (Å²) in [4.78, 5) is 16.5. The van der Waals surface area contributed by atoms with Crippen LogP contribution in [0.15, 0.2) is 46.9 Å². The van der Waals surface area contributed by atoms with Crippen LogP contribution < -0.4 is 4.90 Å². The Labute approximate surface area is 177 Å². The molecule has 3 aliphatic rings. The predicted octanol–water partition coefficient (Wildman–Crippen LogP) is 5.46. The number of fused-ring (bicyclic) bond motifs is 1. The standard InChI is InChI=1S/C25H27FN4/c1-16-12-21-22(13-16)27-15-28-24(21)30-10-8-25(3,9-11-30)23-14-20(17(2)29-23)18-4-6-19(26)7-5-18/h4-7,12,15H,8-11,13-14H2,1-3H3. The summed E-state index contributed by atoms with van der Waals surface area (Å²) >= 11 is 0. The number of allylic oxidation sites excluding steroid dienone is 3. The van der Waals surface area contributed by atoms with Crippen LogP contribution in [0, 0.1) is 11.2 Å². The first kappa shape index (κ1) is 19.2. The number of aromatic nitrogens is 2. The molecule has 0 atom stereocenters. The number of hydrogen-bond acceptors (Lipinski definition) is 4. The summed E-state index contributed by atoms with van der Waals surface area (Å²) in [6, 6.07) is 6.79. The van der Waals surface area contributed by atoms with Gasteiger partial charge in [-0.25, -0.2) is 14.4 Å². The minimum Gasteiger partial charge on any atom is -0.356 e. The molecule has 2 aromatic rings. The molecule has 2 aliphatic heterocycles. The quantitative estimate of drug-likeness (QED) is 0.685. The fraction of sp³-hybridized carbons (Fsp3) is 0.400. The summed E-state index contributed by atoms with van der Waals surface area (Å²) in [5, 5.41) is 0. The third-order valence-electron chi connectivity index (χ3n) is 6.92. The summed E-state index contributed by atoms with van der Waals surface area (Å²) in [5.74, 6) is 0.880. The Balaban J connectivity index is 1.31. The molecule has 1 aromatic carbocycles. The maximum absolute atomic E-state index is 13.3. The number of benzene rings is 1. The normalized spacial score (nSPS) is 20.3. The fourth-order valence-corrected chi connectivity index (χ4v) is 4.94. The molecule has 154 valence electrons. The van der Waals surface area contributed by atoms with Crippen molar-refractivity contribution in [2.45, 2.75) is 46.5 Å². The summed E-state index contributed by atoms with van der Waals surface area (Å²) in [5.41, 5.74) is 8.42. The topological polar surface area (TPSA) is 41.4 Å². The highest BCUT2D eigenvalue weighted by Gasteiger charge is 2.38. The predicted molar refractivity (Wildman–Crippen MR) is 120 cm³/mol. The summed E-state index contributed by atoms with van der Waals surface area (Å²) in [6.45, 7) is 8.51. The van der Waals surface area contributed by atoms with E-state index in [0.29, 0.717) is 0 Å². The first-order chi connectivity index (χ1) is 14.4. The Hall–Kier alpha value is -2.82. The number of piperidine rings is 1. The lowest BCUT2D eigenvalue weighted by Gasteiger charge is -2.40. The van der Waals surface area contributed by atoms with Crippen molar-refractivity contribution in [2.75, 3.05) is 18.0 Å². The number of hydrogen-bond donors (Lipinski definition) is 0. The second-order valence-corrected chi connectivity index (χ2v) is 9.08. The van der Waals surface area contributed by atoms with Gasteiger partial charge in [-0.05, 0) is 50.0 Å². The van der Waals surface area contributed by atoms with Gasteiger partial charge in [0.05, 0.1) is 5.69 Å². The van der Waals surface area contributed by atoms with Crippen LogP contribution >= 0.6 is 0 Å². The van der Waals surface area contributed by atoms with E-state index < -0.39 is 0 Å². The van der Waals surface area contributed by atoms with Gasteiger partial charge in [0, 0.05) is 48.3 Å². The van der Waals surface area contributed by atoms with Crippen molar-refractivity contribution in [2.24, 2.45) is 10.4 Å². The van der Waals surface area contributed by atoms with Crippen LogP contribution in [0.2, 0.25) is 0 Å². The van der Waals surface area contributed by atoms with E-state index >= 15 is 0 Å². The Bertz CT molecular complexity index is 1090. The Morgan fingerprint density at radius 1 is 1.00 bits per heavy atom. The van der Waals surface area contributed by atoms with Crippen molar-refractivity contribution in [3.63, 3.8) is 0 Å². The highest BCUT2D eigenvalue weighted by Crippen LogP contribution is 2.42. The van der Waals surface area contributed by atoms with Gasteiger partial charge in [-0.1, -0.05) is 30.7 Å². The molecule has 1 saturated heterocycles. The smallest absolute Gasteiger partial charge is 0.139 e. The van der Waals surface area contributed by atoms with Crippen LogP contribution in [0.5, 0.6) is 0 Å². The number of rotatable bonds is 3. The van der Waals surface area contributed by atoms with Crippen LogP contribution in [0.25, 0.3) is 11.6 Å². The first-order valence-corrected chi connectivity index (χ1v) is 10.7. The molecule has 0 unspecified atom stereocenters. The molecule has 5 rings (SSSR count). The second kappa shape index (κ2) is 7.15. The molecule has 1 aromatic heterocycles. The van der Waals surface area contributed by atoms with E-state index in [1.165, 1.54) is 34.6 Å². The first-order valence-electron chi connectivity index (χ1n) is 10.7. The lowest BCUT2D eigenvalue weighted by molar-refractivity contribution is 0.351. The minimum atomic E-state index is -0.197. The van der Waals surface area contributed by atoms with E-state index in [1.54, 1.807) is 6.33 Å². The molecule has 0 bridgehead atoms. The van der Waals surface area contributed by atoms with E-state index in [4.69, 9.17) is 4.99 Å². The molecule has 0 radical (unpaired) electrons. The van der Waals surface area contributed by atoms with Crippen molar-refractivity contribution in [1.29, 1.82) is 0 Å². The van der Waals surface area contributed by atoms with Crippen molar-refractivity contribution in [3.8, 4) is 0 Å². The Morgan fingerprint density at radius 2 is 1.73 bits per heavy atom. The van der Waals surface area contributed by atoms with Gasteiger partial charge in [0.1, 0.15) is 18.0 Å². The van der Waals surface area contributed by atoms with E-state index in [-0.39, 0.29) is 11.2 Å². The van der Waals surface area contributed by atoms with Crippen LogP contribution in [0.4, 0.5) is 10.2 Å². The number of halogens is 1. The third-order valence-corrected chi connectivity index (χ3v) is 6.92. The largest absolute Gasteiger partial charge is 0.356 e. The summed E-state index contributed by atoms with van der Waals surface area (Å²) in [6.07, 6.45) is 7.84. The molecule has 5 heteroatoms. The lowest BCUT2D eigenvalue weighted by Crippen LogP contribution is -2.43. The second-order valence-electron chi connectivity index (χ2n) is 9.08. The number of aliphatic imine (C=N–C) groups is 1. The molecule has 0 amide bonds. The Kier molecular flexibility index (Phi) is 4.57.